The lowest BCUT2D eigenvalue weighted by Gasteiger charge is -1.98. The van der Waals surface area contributed by atoms with Gasteiger partial charge in [0.05, 0.1) is 0 Å². The first kappa shape index (κ1) is 11.2. The molecule has 0 saturated heterocycles. The maximum absolute atomic E-state index is 12.6. The topological polar surface area (TPSA) is 37.3 Å². The standard InChI is InChI=1S/C9H4F4O2/c10-5-1-4(2-6(11)8(5)13)3-7(12)9(14)15/h1-3H,(H,14,15). The quantitative estimate of drug-likeness (QED) is 0.472. The Balaban J connectivity index is 3.18. The molecular weight excluding hydrogens is 216 g/mol. The number of hydrogen-bond donors (Lipinski definition) is 1. The Morgan fingerprint density at radius 2 is 1.67 bits per heavy atom. The number of aliphatic carboxylic acids is 1. The number of rotatable bonds is 2. The van der Waals surface area contributed by atoms with E-state index in [4.69, 9.17) is 5.11 Å². The number of halogens is 4. The highest BCUT2D eigenvalue weighted by molar-refractivity contribution is 5.89. The number of carboxylic acids is 1. The molecule has 80 valence electrons. The van der Waals surface area contributed by atoms with Crippen LogP contribution in [0.5, 0.6) is 0 Å². The average Bonchev–Trinajstić information content (AvgIpc) is 2.13. The monoisotopic (exact) mass is 220 g/mol. The van der Waals surface area contributed by atoms with E-state index in [1.807, 2.05) is 0 Å². The summed E-state index contributed by atoms with van der Waals surface area (Å²) < 4.78 is 50.1. The van der Waals surface area contributed by atoms with Crippen LogP contribution in [0.25, 0.3) is 6.08 Å². The van der Waals surface area contributed by atoms with E-state index in [-0.39, 0.29) is 0 Å². The second-order valence-electron chi connectivity index (χ2n) is 2.60. The van der Waals surface area contributed by atoms with E-state index < -0.39 is 34.8 Å². The van der Waals surface area contributed by atoms with Crippen molar-refractivity contribution in [1.82, 2.24) is 0 Å². The van der Waals surface area contributed by atoms with Crippen LogP contribution >= 0.6 is 0 Å². The van der Waals surface area contributed by atoms with Crippen LogP contribution in [0, 0.1) is 17.5 Å². The number of benzene rings is 1. The van der Waals surface area contributed by atoms with Crippen LogP contribution in [-0.4, -0.2) is 11.1 Å². The predicted molar refractivity (Wildman–Crippen MR) is 43.0 cm³/mol. The molecule has 0 heterocycles. The molecule has 0 aliphatic heterocycles. The number of hydrogen-bond acceptors (Lipinski definition) is 1. The molecule has 0 fully saturated rings. The van der Waals surface area contributed by atoms with Gasteiger partial charge in [0.1, 0.15) is 0 Å². The summed E-state index contributed by atoms with van der Waals surface area (Å²) >= 11 is 0. The SMILES string of the molecule is O=C(O)C(F)=Cc1cc(F)c(F)c(F)c1. The first-order chi connectivity index (χ1) is 6.91. The van der Waals surface area contributed by atoms with Crippen molar-refractivity contribution in [3.05, 3.63) is 41.0 Å². The van der Waals surface area contributed by atoms with Gasteiger partial charge in [-0.2, -0.15) is 4.39 Å². The van der Waals surface area contributed by atoms with E-state index >= 15 is 0 Å². The van der Waals surface area contributed by atoms with Crippen LogP contribution in [-0.2, 0) is 4.79 Å². The lowest BCUT2D eigenvalue weighted by molar-refractivity contribution is -0.134. The summed E-state index contributed by atoms with van der Waals surface area (Å²) in [6.07, 6.45) is 0.383. The van der Waals surface area contributed by atoms with Gasteiger partial charge >= 0.3 is 5.97 Å². The van der Waals surface area contributed by atoms with E-state index in [1.165, 1.54) is 0 Å². The third-order valence-electron chi connectivity index (χ3n) is 1.50. The molecule has 6 heteroatoms. The minimum absolute atomic E-state index is 0.383. The normalized spacial score (nSPS) is 11.6. The molecule has 2 nitrogen and oxygen atoms in total. The van der Waals surface area contributed by atoms with Gasteiger partial charge in [0, 0.05) is 0 Å². The molecule has 0 aromatic heterocycles. The second kappa shape index (κ2) is 4.12. The molecular formula is C9H4F4O2. The molecule has 0 radical (unpaired) electrons. The smallest absolute Gasteiger partial charge is 0.364 e. The van der Waals surface area contributed by atoms with Gasteiger partial charge in [-0.3, -0.25) is 0 Å². The molecule has 1 aromatic carbocycles. The highest BCUT2D eigenvalue weighted by Crippen LogP contribution is 2.16. The van der Waals surface area contributed by atoms with Gasteiger partial charge in [-0.05, 0) is 23.8 Å². The van der Waals surface area contributed by atoms with Gasteiger partial charge in [0.2, 0.25) is 5.83 Å². The summed E-state index contributed by atoms with van der Waals surface area (Å²) in [7, 11) is 0. The number of carboxylic acid groups (broad SMARTS) is 1. The zero-order chi connectivity index (χ0) is 11.6. The molecule has 0 amide bonds. The molecule has 1 aromatic rings. The first-order valence-electron chi connectivity index (χ1n) is 3.67. The minimum atomic E-state index is -1.87. The van der Waals surface area contributed by atoms with Crippen molar-refractivity contribution in [1.29, 1.82) is 0 Å². The first-order valence-corrected chi connectivity index (χ1v) is 3.67. The van der Waals surface area contributed by atoms with Crippen LogP contribution in [0.2, 0.25) is 0 Å². The van der Waals surface area contributed by atoms with Gasteiger partial charge < -0.3 is 5.11 Å². The fourth-order valence-electron chi connectivity index (χ4n) is 0.867. The Bertz CT molecular complexity index is 417. The molecule has 0 saturated carbocycles. The molecule has 1 N–H and O–H groups in total. The Labute approximate surface area is 81.5 Å². The van der Waals surface area contributed by atoms with Crippen molar-refractivity contribution in [2.75, 3.05) is 0 Å². The van der Waals surface area contributed by atoms with Crippen LogP contribution < -0.4 is 0 Å². The zero-order valence-corrected chi connectivity index (χ0v) is 7.10. The van der Waals surface area contributed by atoms with E-state index in [2.05, 4.69) is 0 Å². The molecule has 0 aliphatic carbocycles. The highest BCUT2D eigenvalue weighted by atomic mass is 19.2. The Hall–Kier alpha value is -1.85. The van der Waals surface area contributed by atoms with Gasteiger partial charge in [-0.1, -0.05) is 0 Å². The van der Waals surface area contributed by atoms with Crippen molar-refractivity contribution in [2.24, 2.45) is 0 Å². The Morgan fingerprint density at radius 1 is 1.20 bits per heavy atom. The van der Waals surface area contributed by atoms with Crippen molar-refractivity contribution in [3.63, 3.8) is 0 Å². The van der Waals surface area contributed by atoms with E-state index in [9.17, 15) is 22.4 Å². The highest BCUT2D eigenvalue weighted by Gasteiger charge is 2.11. The molecule has 1 rings (SSSR count). The van der Waals surface area contributed by atoms with Gasteiger partial charge in [0.15, 0.2) is 17.5 Å². The van der Waals surface area contributed by atoms with Crippen molar-refractivity contribution < 1.29 is 27.5 Å². The van der Waals surface area contributed by atoms with Gasteiger partial charge in [0.25, 0.3) is 0 Å². The maximum atomic E-state index is 12.6. The molecule has 0 spiro atoms. The fourth-order valence-corrected chi connectivity index (χ4v) is 0.867. The van der Waals surface area contributed by atoms with E-state index in [0.29, 0.717) is 18.2 Å². The van der Waals surface area contributed by atoms with Crippen molar-refractivity contribution in [2.45, 2.75) is 0 Å². The largest absolute Gasteiger partial charge is 0.476 e. The number of carbonyl (C=O) groups is 1. The summed E-state index contributed by atoms with van der Waals surface area (Å²) in [5.41, 5.74) is -0.411. The molecule has 0 unspecified atom stereocenters. The Morgan fingerprint density at radius 3 is 2.07 bits per heavy atom. The van der Waals surface area contributed by atoms with Crippen LogP contribution in [0.15, 0.2) is 18.0 Å². The lowest BCUT2D eigenvalue weighted by Crippen LogP contribution is -1.96. The molecule has 0 bridgehead atoms. The zero-order valence-electron chi connectivity index (χ0n) is 7.10. The van der Waals surface area contributed by atoms with Crippen LogP contribution in [0.1, 0.15) is 5.56 Å². The molecule has 15 heavy (non-hydrogen) atoms. The summed E-state index contributed by atoms with van der Waals surface area (Å²) in [6, 6.07) is 0.974. The summed E-state index contributed by atoms with van der Waals surface area (Å²) in [6.45, 7) is 0. The van der Waals surface area contributed by atoms with Gasteiger partial charge in [-0.25, -0.2) is 18.0 Å². The van der Waals surface area contributed by atoms with Crippen LogP contribution in [0.4, 0.5) is 17.6 Å². The van der Waals surface area contributed by atoms with E-state index in [1.54, 1.807) is 0 Å². The molecule has 0 aliphatic rings. The minimum Gasteiger partial charge on any atom is -0.476 e. The van der Waals surface area contributed by atoms with Crippen LogP contribution in [0.3, 0.4) is 0 Å². The molecule has 0 atom stereocenters. The summed E-state index contributed by atoms with van der Waals surface area (Å²) in [5.74, 6) is -8.19. The average molecular weight is 220 g/mol. The second-order valence-corrected chi connectivity index (χ2v) is 2.60. The lowest BCUT2D eigenvalue weighted by atomic mass is 10.2. The van der Waals surface area contributed by atoms with Gasteiger partial charge in [-0.15, -0.1) is 0 Å². The van der Waals surface area contributed by atoms with E-state index in [0.717, 1.165) is 0 Å². The predicted octanol–water partition coefficient (Wildman–Crippen LogP) is 2.50. The summed E-state index contributed by atoms with van der Waals surface area (Å²) in [4.78, 5) is 10.0. The third-order valence-corrected chi connectivity index (χ3v) is 1.50. The third kappa shape index (κ3) is 2.55. The summed E-state index contributed by atoms with van der Waals surface area (Å²) in [5, 5.41) is 8.13. The maximum Gasteiger partial charge on any atom is 0.364 e. The Kier molecular flexibility index (Phi) is 3.08. The fraction of sp³-hybridized carbons (Fsp3) is 0. The van der Waals surface area contributed by atoms with Crippen molar-refractivity contribution in [3.8, 4) is 0 Å². The van der Waals surface area contributed by atoms with Crippen molar-refractivity contribution >= 4 is 12.0 Å².